The summed E-state index contributed by atoms with van der Waals surface area (Å²) in [6.45, 7) is 3.86. The third-order valence-electron chi connectivity index (χ3n) is 2.23. The Labute approximate surface area is 100 Å². The van der Waals surface area contributed by atoms with Crippen molar-refractivity contribution in [3.63, 3.8) is 0 Å². The summed E-state index contributed by atoms with van der Waals surface area (Å²) in [6.07, 6.45) is 0. The van der Waals surface area contributed by atoms with Gasteiger partial charge < -0.3 is 5.32 Å². The molecule has 0 spiro atoms. The number of benzene rings is 1. The standard InChI is InChI=1S/C13H10N4/c1-9-3-4-12(10(2)5-9)17-13(8-16)11(6-14)7-15/h3-5,17H,1-2H3. The maximum Gasteiger partial charge on any atom is 0.163 e. The van der Waals surface area contributed by atoms with Crippen LogP contribution in [0.2, 0.25) is 0 Å². The monoisotopic (exact) mass is 222 g/mol. The number of anilines is 1. The number of nitriles is 3. The van der Waals surface area contributed by atoms with Crippen LogP contribution in [0.1, 0.15) is 11.1 Å². The van der Waals surface area contributed by atoms with E-state index in [9.17, 15) is 0 Å². The van der Waals surface area contributed by atoms with E-state index in [-0.39, 0.29) is 11.3 Å². The molecule has 82 valence electrons. The molecule has 0 bridgehead atoms. The predicted octanol–water partition coefficient (Wildman–Crippen LogP) is 2.54. The van der Waals surface area contributed by atoms with E-state index in [0.717, 1.165) is 16.8 Å². The summed E-state index contributed by atoms with van der Waals surface area (Å²) in [5, 5.41) is 29.1. The van der Waals surface area contributed by atoms with Gasteiger partial charge in [-0.15, -0.1) is 0 Å². The van der Waals surface area contributed by atoms with Crippen molar-refractivity contribution < 1.29 is 0 Å². The van der Waals surface area contributed by atoms with E-state index in [4.69, 9.17) is 15.8 Å². The van der Waals surface area contributed by atoms with Gasteiger partial charge in [0.1, 0.15) is 23.9 Å². The molecule has 0 aliphatic rings. The van der Waals surface area contributed by atoms with Crippen LogP contribution in [0.4, 0.5) is 5.69 Å². The van der Waals surface area contributed by atoms with Gasteiger partial charge in [-0.2, -0.15) is 15.8 Å². The quantitative estimate of drug-likeness (QED) is 0.779. The van der Waals surface area contributed by atoms with E-state index >= 15 is 0 Å². The van der Waals surface area contributed by atoms with Gasteiger partial charge in [-0.05, 0) is 25.5 Å². The highest BCUT2D eigenvalue weighted by molar-refractivity contribution is 5.61. The van der Waals surface area contributed by atoms with Gasteiger partial charge in [-0.3, -0.25) is 0 Å². The summed E-state index contributed by atoms with van der Waals surface area (Å²) in [5.74, 6) is 0. The van der Waals surface area contributed by atoms with Crippen LogP contribution in [0.15, 0.2) is 29.5 Å². The molecule has 1 rings (SSSR count). The molecule has 0 radical (unpaired) electrons. The van der Waals surface area contributed by atoms with E-state index < -0.39 is 0 Å². The zero-order valence-electron chi connectivity index (χ0n) is 9.57. The molecule has 0 saturated heterocycles. The molecule has 1 N–H and O–H groups in total. The minimum Gasteiger partial charge on any atom is -0.345 e. The van der Waals surface area contributed by atoms with Gasteiger partial charge in [0.05, 0.1) is 0 Å². The Balaban J connectivity index is 3.16. The molecule has 0 unspecified atom stereocenters. The van der Waals surface area contributed by atoms with Crippen molar-refractivity contribution in [2.75, 3.05) is 5.32 Å². The number of allylic oxidation sites excluding steroid dienone is 2. The Morgan fingerprint density at radius 1 is 1.06 bits per heavy atom. The first kappa shape index (κ1) is 12.3. The molecule has 0 fully saturated rings. The Hall–Kier alpha value is -2.77. The molecule has 0 amide bonds. The van der Waals surface area contributed by atoms with Crippen LogP contribution in [0.25, 0.3) is 0 Å². The summed E-state index contributed by atoms with van der Waals surface area (Å²) >= 11 is 0. The van der Waals surface area contributed by atoms with Gasteiger partial charge in [0.15, 0.2) is 5.57 Å². The number of hydrogen-bond donors (Lipinski definition) is 1. The predicted molar refractivity (Wildman–Crippen MR) is 63.4 cm³/mol. The summed E-state index contributed by atoms with van der Waals surface area (Å²) in [4.78, 5) is 0. The SMILES string of the molecule is Cc1ccc(NC(C#N)=C(C#N)C#N)c(C)c1. The summed E-state index contributed by atoms with van der Waals surface area (Å²) in [5.41, 5.74) is 2.54. The lowest BCUT2D eigenvalue weighted by molar-refractivity contribution is 1.33. The van der Waals surface area contributed by atoms with Crippen LogP contribution in [-0.4, -0.2) is 0 Å². The smallest absolute Gasteiger partial charge is 0.163 e. The minimum absolute atomic E-state index is 0.0260. The van der Waals surface area contributed by atoms with Crippen LogP contribution in [0, 0.1) is 47.8 Å². The lowest BCUT2D eigenvalue weighted by Gasteiger charge is -2.08. The average molecular weight is 222 g/mol. The molecule has 1 aromatic rings. The van der Waals surface area contributed by atoms with Gasteiger partial charge in [-0.25, -0.2) is 0 Å². The fraction of sp³-hybridized carbons (Fsp3) is 0.154. The molecule has 0 aliphatic heterocycles. The Morgan fingerprint density at radius 3 is 2.18 bits per heavy atom. The van der Waals surface area contributed by atoms with Crippen molar-refractivity contribution in [3.05, 3.63) is 40.6 Å². The summed E-state index contributed by atoms with van der Waals surface area (Å²) in [7, 11) is 0. The highest BCUT2D eigenvalue weighted by Gasteiger charge is 2.07. The van der Waals surface area contributed by atoms with E-state index in [1.165, 1.54) is 0 Å². The molecule has 0 atom stereocenters. The van der Waals surface area contributed by atoms with Crippen molar-refractivity contribution in [3.8, 4) is 18.2 Å². The van der Waals surface area contributed by atoms with Crippen LogP contribution >= 0.6 is 0 Å². The molecular formula is C13H10N4. The van der Waals surface area contributed by atoms with E-state index in [1.807, 2.05) is 38.1 Å². The first-order valence-corrected chi connectivity index (χ1v) is 4.91. The fourth-order valence-electron chi connectivity index (χ4n) is 1.37. The summed E-state index contributed by atoms with van der Waals surface area (Å²) < 4.78 is 0. The lowest BCUT2D eigenvalue weighted by Crippen LogP contribution is -2.02. The molecule has 0 saturated carbocycles. The van der Waals surface area contributed by atoms with E-state index in [0.29, 0.717) is 0 Å². The van der Waals surface area contributed by atoms with Crippen LogP contribution < -0.4 is 5.32 Å². The number of nitrogens with one attached hydrogen (secondary N) is 1. The van der Waals surface area contributed by atoms with Gasteiger partial charge in [0, 0.05) is 5.69 Å². The molecular weight excluding hydrogens is 212 g/mol. The van der Waals surface area contributed by atoms with Gasteiger partial charge in [-0.1, -0.05) is 17.7 Å². The topological polar surface area (TPSA) is 83.4 Å². The van der Waals surface area contributed by atoms with E-state index in [1.54, 1.807) is 12.1 Å². The van der Waals surface area contributed by atoms with Crippen molar-refractivity contribution in [1.82, 2.24) is 0 Å². The van der Waals surface area contributed by atoms with Crippen molar-refractivity contribution in [2.24, 2.45) is 0 Å². The second-order valence-electron chi connectivity index (χ2n) is 3.53. The zero-order chi connectivity index (χ0) is 12.8. The van der Waals surface area contributed by atoms with Crippen LogP contribution in [0.5, 0.6) is 0 Å². The maximum absolute atomic E-state index is 8.89. The third kappa shape index (κ3) is 2.84. The molecule has 1 aromatic carbocycles. The highest BCUT2D eigenvalue weighted by atomic mass is 14.9. The fourth-order valence-corrected chi connectivity index (χ4v) is 1.37. The molecule has 0 aliphatic carbocycles. The molecule has 0 heterocycles. The second-order valence-corrected chi connectivity index (χ2v) is 3.53. The largest absolute Gasteiger partial charge is 0.345 e. The Kier molecular flexibility index (Phi) is 3.87. The maximum atomic E-state index is 8.89. The van der Waals surface area contributed by atoms with Crippen LogP contribution in [0.3, 0.4) is 0 Å². The Bertz CT molecular complexity index is 575. The average Bonchev–Trinajstić information content (AvgIpc) is 2.32. The number of nitrogens with zero attached hydrogens (tertiary/aromatic N) is 3. The lowest BCUT2D eigenvalue weighted by atomic mass is 10.1. The highest BCUT2D eigenvalue weighted by Crippen LogP contribution is 2.18. The number of hydrogen-bond acceptors (Lipinski definition) is 4. The molecule has 17 heavy (non-hydrogen) atoms. The van der Waals surface area contributed by atoms with Gasteiger partial charge in [0.2, 0.25) is 0 Å². The molecule has 4 nitrogen and oxygen atoms in total. The molecule has 0 aromatic heterocycles. The second kappa shape index (κ2) is 5.35. The normalized spacial score (nSPS) is 8.41. The van der Waals surface area contributed by atoms with Crippen LogP contribution in [-0.2, 0) is 0 Å². The van der Waals surface area contributed by atoms with Crippen molar-refractivity contribution in [2.45, 2.75) is 13.8 Å². The number of aryl methyl sites for hydroxylation is 2. The minimum atomic E-state index is -0.215. The Morgan fingerprint density at radius 2 is 1.71 bits per heavy atom. The first-order valence-electron chi connectivity index (χ1n) is 4.91. The third-order valence-corrected chi connectivity index (χ3v) is 2.23. The van der Waals surface area contributed by atoms with Crippen molar-refractivity contribution in [1.29, 1.82) is 15.8 Å². The van der Waals surface area contributed by atoms with Crippen molar-refractivity contribution >= 4 is 5.69 Å². The summed E-state index contributed by atoms with van der Waals surface area (Å²) in [6, 6.07) is 10.9. The van der Waals surface area contributed by atoms with E-state index in [2.05, 4.69) is 5.32 Å². The van der Waals surface area contributed by atoms with Gasteiger partial charge >= 0.3 is 0 Å². The molecule has 4 heteroatoms. The first-order chi connectivity index (χ1) is 8.12. The van der Waals surface area contributed by atoms with Gasteiger partial charge in [0.25, 0.3) is 0 Å². The zero-order valence-corrected chi connectivity index (χ0v) is 9.57. The number of rotatable bonds is 2.